The van der Waals surface area contributed by atoms with Gasteiger partial charge in [-0.25, -0.2) is 0 Å². The number of nitrogens with two attached hydrogens (primary N) is 2. The zero-order valence-electron chi connectivity index (χ0n) is 6.68. The Balaban J connectivity index is 2.63. The van der Waals surface area contributed by atoms with Gasteiger partial charge in [0.05, 0.1) is 10.7 Å². The number of benzene rings is 1. The number of aryl methyl sites for hydroxylation is 1. The summed E-state index contributed by atoms with van der Waals surface area (Å²) >= 11 is 5.88. The maximum absolute atomic E-state index is 5.88. The summed E-state index contributed by atoms with van der Waals surface area (Å²) in [5.74, 6) is 0. The third kappa shape index (κ3) is 0.993. The van der Waals surface area contributed by atoms with E-state index >= 15 is 0 Å². The molecule has 0 radical (unpaired) electrons. The van der Waals surface area contributed by atoms with Crippen molar-refractivity contribution in [1.29, 1.82) is 0 Å². The molecule has 0 spiro atoms. The van der Waals surface area contributed by atoms with Crippen LogP contribution in [0.3, 0.4) is 0 Å². The van der Waals surface area contributed by atoms with E-state index in [1.165, 1.54) is 5.56 Å². The maximum Gasteiger partial charge on any atom is 0.0639 e. The van der Waals surface area contributed by atoms with Gasteiger partial charge in [0.2, 0.25) is 0 Å². The number of rotatable bonds is 0. The van der Waals surface area contributed by atoms with Gasteiger partial charge in [-0.3, -0.25) is 0 Å². The molecule has 1 atom stereocenters. The zero-order valence-corrected chi connectivity index (χ0v) is 7.43. The molecule has 4 N–H and O–H groups in total. The van der Waals surface area contributed by atoms with Crippen LogP contribution in [-0.4, -0.2) is 0 Å². The fraction of sp³-hybridized carbons (Fsp3) is 0.333. The van der Waals surface area contributed by atoms with Crippen molar-refractivity contribution in [2.24, 2.45) is 5.73 Å². The third-order valence-electron chi connectivity index (χ3n) is 2.42. The molecule has 1 aliphatic carbocycles. The Bertz CT molecular complexity index is 323. The molecule has 64 valence electrons. The summed E-state index contributed by atoms with van der Waals surface area (Å²) in [6.45, 7) is 0. The highest BCUT2D eigenvalue weighted by atomic mass is 35.5. The van der Waals surface area contributed by atoms with Gasteiger partial charge >= 0.3 is 0 Å². The number of anilines is 1. The smallest absolute Gasteiger partial charge is 0.0639 e. The molecular formula is C9H11ClN2. The van der Waals surface area contributed by atoms with E-state index in [9.17, 15) is 0 Å². The monoisotopic (exact) mass is 182 g/mol. The summed E-state index contributed by atoms with van der Waals surface area (Å²) in [5, 5.41) is 0.617. The molecule has 2 nitrogen and oxygen atoms in total. The SMILES string of the molecule is Nc1c(Cl)ccc2c1[C@H](N)CC2. The van der Waals surface area contributed by atoms with Crippen LogP contribution in [0.15, 0.2) is 12.1 Å². The summed E-state index contributed by atoms with van der Waals surface area (Å²) in [6, 6.07) is 3.94. The Labute approximate surface area is 76.5 Å². The summed E-state index contributed by atoms with van der Waals surface area (Å²) in [4.78, 5) is 0. The Hall–Kier alpha value is -0.730. The van der Waals surface area contributed by atoms with Crippen LogP contribution in [0.4, 0.5) is 5.69 Å². The second-order valence-corrected chi connectivity index (χ2v) is 3.59. The molecule has 0 aromatic heterocycles. The van der Waals surface area contributed by atoms with Crippen LogP contribution in [0.25, 0.3) is 0 Å². The highest BCUT2D eigenvalue weighted by molar-refractivity contribution is 6.33. The Morgan fingerprint density at radius 2 is 2.17 bits per heavy atom. The van der Waals surface area contributed by atoms with E-state index in [1.54, 1.807) is 0 Å². The van der Waals surface area contributed by atoms with E-state index in [4.69, 9.17) is 23.1 Å². The van der Waals surface area contributed by atoms with Crippen molar-refractivity contribution < 1.29 is 0 Å². The van der Waals surface area contributed by atoms with Crippen molar-refractivity contribution in [1.82, 2.24) is 0 Å². The van der Waals surface area contributed by atoms with Gasteiger partial charge in [-0.2, -0.15) is 0 Å². The van der Waals surface area contributed by atoms with E-state index < -0.39 is 0 Å². The number of halogens is 1. The molecule has 0 saturated carbocycles. The molecule has 1 aromatic rings. The lowest BCUT2D eigenvalue weighted by Crippen LogP contribution is -2.08. The maximum atomic E-state index is 5.88. The lowest BCUT2D eigenvalue weighted by Gasteiger charge is -2.09. The quantitative estimate of drug-likeness (QED) is 0.602. The minimum absolute atomic E-state index is 0.0821. The van der Waals surface area contributed by atoms with Crippen LogP contribution in [0.1, 0.15) is 23.6 Å². The van der Waals surface area contributed by atoms with Crippen molar-refractivity contribution in [2.45, 2.75) is 18.9 Å². The molecule has 1 aromatic carbocycles. The molecule has 0 aliphatic heterocycles. The summed E-state index contributed by atoms with van der Waals surface area (Å²) in [7, 11) is 0. The van der Waals surface area contributed by atoms with Crippen LogP contribution in [0, 0.1) is 0 Å². The van der Waals surface area contributed by atoms with Crippen molar-refractivity contribution in [3.8, 4) is 0 Å². The van der Waals surface area contributed by atoms with Gasteiger partial charge < -0.3 is 11.5 Å². The molecule has 0 fully saturated rings. The largest absolute Gasteiger partial charge is 0.397 e. The average molecular weight is 183 g/mol. The van der Waals surface area contributed by atoms with E-state index in [2.05, 4.69) is 0 Å². The first-order valence-corrected chi connectivity index (χ1v) is 4.40. The standard InChI is InChI=1S/C9H11ClN2/c10-6-3-1-5-2-4-7(11)8(5)9(6)12/h1,3,7H,2,4,11-12H2/t7-/m1/s1. The van der Waals surface area contributed by atoms with Gasteiger partial charge in [0, 0.05) is 6.04 Å². The number of nitrogen functional groups attached to an aromatic ring is 1. The predicted molar refractivity (Wildman–Crippen MR) is 51.1 cm³/mol. The lowest BCUT2D eigenvalue weighted by atomic mass is 10.1. The van der Waals surface area contributed by atoms with Crippen molar-refractivity contribution >= 4 is 17.3 Å². The Kier molecular flexibility index (Phi) is 1.74. The van der Waals surface area contributed by atoms with E-state index in [0.29, 0.717) is 10.7 Å². The predicted octanol–water partition coefficient (Wildman–Crippen LogP) is 1.87. The first kappa shape index (κ1) is 7.90. The number of hydrogen-bond acceptors (Lipinski definition) is 2. The van der Waals surface area contributed by atoms with Crippen LogP contribution >= 0.6 is 11.6 Å². The van der Waals surface area contributed by atoms with Gasteiger partial charge in [-0.1, -0.05) is 17.7 Å². The molecule has 12 heavy (non-hydrogen) atoms. The average Bonchev–Trinajstić information content (AvgIpc) is 2.41. The van der Waals surface area contributed by atoms with Crippen molar-refractivity contribution in [3.05, 3.63) is 28.3 Å². The fourth-order valence-corrected chi connectivity index (χ4v) is 1.93. The normalized spacial score (nSPS) is 21.0. The summed E-state index contributed by atoms with van der Waals surface area (Å²) < 4.78 is 0. The molecule has 3 heteroatoms. The van der Waals surface area contributed by atoms with Gasteiger partial charge in [0.15, 0.2) is 0 Å². The highest BCUT2D eigenvalue weighted by Gasteiger charge is 2.22. The van der Waals surface area contributed by atoms with Crippen LogP contribution in [0.2, 0.25) is 5.02 Å². The molecular weight excluding hydrogens is 172 g/mol. The van der Waals surface area contributed by atoms with Gasteiger partial charge in [-0.05, 0) is 30.0 Å². The second kappa shape index (κ2) is 2.64. The number of fused-ring (bicyclic) bond motifs is 1. The molecule has 0 amide bonds. The summed E-state index contributed by atoms with van der Waals surface area (Å²) in [5.41, 5.74) is 14.7. The molecule has 0 heterocycles. The van der Waals surface area contributed by atoms with Gasteiger partial charge in [0.25, 0.3) is 0 Å². The molecule has 0 bridgehead atoms. The second-order valence-electron chi connectivity index (χ2n) is 3.18. The van der Waals surface area contributed by atoms with E-state index in [0.717, 1.165) is 18.4 Å². The van der Waals surface area contributed by atoms with Crippen LogP contribution < -0.4 is 11.5 Å². The minimum atomic E-state index is 0.0821. The van der Waals surface area contributed by atoms with Crippen molar-refractivity contribution in [3.63, 3.8) is 0 Å². The van der Waals surface area contributed by atoms with E-state index in [-0.39, 0.29) is 6.04 Å². The van der Waals surface area contributed by atoms with Crippen LogP contribution in [-0.2, 0) is 6.42 Å². The fourth-order valence-electron chi connectivity index (χ4n) is 1.77. The lowest BCUT2D eigenvalue weighted by molar-refractivity contribution is 0.715. The molecule has 0 saturated heterocycles. The zero-order chi connectivity index (χ0) is 8.72. The highest BCUT2D eigenvalue weighted by Crippen LogP contribution is 2.37. The Morgan fingerprint density at radius 3 is 2.92 bits per heavy atom. The first-order chi connectivity index (χ1) is 5.70. The Morgan fingerprint density at radius 1 is 1.42 bits per heavy atom. The third-order valence-corrected chi connectivity index (χ3v) is 2.75. The van der Waals surface area contributed by atoms with Gasteiger partial charge in [0.1, 0.15) is 0 Å². The van der Waals surface area contributed by atoms with Crippen LogP contribution in [0.5, 0.6) is 0 Å². The summed E-state index contributed by atoms with van der Waals surface area (Å²) in [6.07, 6.45) is 2.01. The molecule has 1 aliphatic rings. The first-order valence-electron chi connectivity index (χ1n) is 4.02. The van der Waals surface area contributed by atoms with Crippen molar-refractivity contribution in [2.75, 3.05) is 5.73 Å². The number of hydrogen-bond donors (Lipinski definition) is 2. The van der Waals surface area contributed by atoms with E-state index in [1.807, 2.05) is 12.1 Å². The topological polar surface area (TPSA) is 52.0 Å². The molecule has 2 rings (SSSR count). The molecule has 0 unspecified atom stereocenters. The minimum Gasteiger partial charge on any atom is -0.397 e. The van der Waals surface area contributed by atoms with Gasteiger partial charge in [-0.15, -0.1) is 0 Å².